The predicted molar refractivity (Wildman–Crippen MR) is 118 cm³/mol. The number of carbonyl (C=O) groups is 4. The van der Waals surface area contributed by atoms with E-state index in [2.05, 4.69) is 5.92 Å². The Balaban J connectivity index is 1.96. The van der Waals surface area contributed by atoms with E-state index in [1.807, 2.05) is 5.92 Å². The number of ketones is 2. The number of aliphatic hydroxyl groups excluding tert-OH is 2. The van der Waals surface area contributed by atoms with Gasteiger partial charge in [-0.05, 0) is 50.6 Å². The van der Waals surface area contributed by atoms with Gasteiger partial charge < -0.3 is 31.3 Å². The molecule has 0 bridgehead atoms. The largest absolute Gasteiger partial charge is 0.510 e. The summed E-state index contributed by atoms with van der Waals surface area (Å²) in [6, 6.07) is 1.42. The van der Waals surface area contributed by atoms with Gasteiger partial charge in [0.25, 0.3) is 5.91 Å². The molecule has 0 saturated carbocycles. The molecule has 0 saturated heterocycles. The third-order valence-electron chi connectivity index (χ3n) is 6.91. The number of amides is 1. The Kier molecular flexibility index (Phi) is 5.47. The van der Waals surface area contributed by atoms with Crippen LogP contribution in [0.25, 0.3) is 0 Å². The number of hydrogen-bond acceptors (Lipinski definition) is 9. The summed E-state index contributed by atoms with van der Waals surface area (Å²) in [7, 11) is 3.07. The first-order valence-corrected chi connectivity index (χ1v) is 10.6. The van der Waals surface area contributed by atoms with E-state index >= 15 is 0 Å². The Morgan fingerprint density at radius 3 is 2.40 bits per heavy atom. The second-order valence-electron chi connectivity index (χ2n) is 9.00. The molecule has 3 aliphatic rings. The van der Waals surface area contributed by atoms with Crippen molar-refractivity contribution in [2.24, 2.45) is 17.6 Å². The Morgan fingerprint density at radius 1 is 1.17 bits per heavy atom. The third kappa shape index (κ3) is 3.30. The minimum Gasteiger partial charge on any atom is -0.510 e. The molecule has 11 nitrogen and oxygen atoms in total. The topological polar surface area (TPSA) is 199 Å². The molecule has 1 aromatic rings. The lowest BCUT2D eigenvalue weighted by Gasteiger charge is -2.50. The van der Waals surface area contributed by atoms with Gasteiger partial charge in [0.2, 0.25) is 5.78 Å². The quantitative estimate of drug-likeness (QED) is 0.237. The molecule has 4 atom stereocenters. The molecule has 7 N–H and O–H groups in total. The van der Waals surface area contributed by atoms with Crippen LogP contribution in [-0.2, 0) is 20.8 Å². The number of carboxylic acid groups (broad SMARTS) is 1. The number of aliphatic carboxylic acids is 1. The van der Waals surface area contributed by atoms with Crippen LogP contribution in [0.1, 0.15) is 27.9 Å². The summed E-state index contributed by atoms with van der Waals surface area (Å²) in [6.07, 6.45) is -0.0558. The summed E-state index contributed by atoms with van der Waals surface area (Å²) in [6.45, 7) is 0. The number of benzene rings is 1. The first kappa shape index (κ1) is 24.0. The number of aromatic hydroxyl groups is 1. The fraction of sp³-hybridized carbons (Fsp3) is 0.333. The van der Waals surface area contributed by atoms with E-state index in [9.17, 15) is 39.6 Å². The van der Waals surface area contributed by atoms with Gasteiger partial charge in [0.1, 0.15) is 22.8 Å². The lowest BCUT2D eigenvalue weighted by molar-refractivity contribution is -0.148. The van der Waals surface area contributed by atoms with Crippen LogP contribution in [0.3, 0.4) is 0 Å². The second kappa shape index (κ2) is 7.97. The van der Waals surface area contributed by atoms with Crippen LogP contribution in [-0.4, -0.2) is 79.6 Å². The van der Waals surface area contributed by atoms with Crippen molar-refractivity contribution in [2.75, 3.05) is 14.1 Å². The summed E-state index contributed by atoms with van der Waals surface area (Å²) in [4.78, 5) is 51.0. The van der Waals surface area contributed by atoms with Crippen molar-refractivity contribution < 1.29 is 44.7 Å². The lowest BCUT2D eigenvalue weighted by Crippen LogP contribution is -2.63. The number of allylic oxidation sites excluding steroid dienone is 1. The maximum Gasteiger partial charge on any atom is 0.382 e. The van der Waals surface area contributed by atoms with Crippen molar-refractivity contribution in [1.82, 2.24) is 4.90 Å². The average Bonchev–Trinajstić information content (AvgIpc) is 2.75. The summed E-state index contributed by atoms with van der Waals surface area (Å²) in [5.74, 6) is -4.48. The number of aliphatic hydroxyl groups is 3. The highest BCUT2D eigenvalue weighted by molar-refractivity contribution is 6.24. The number of primary amides is 1. The molecule has 35 heavy (non-hydrogen) atoms. The Hall–Kier alpha value is -4.14. The number of carbonyl (C=O) groups excluding carboxylic acids is 3. The summed E-state index contributed by atoms with van der Waals surface area (Å²) < 4.78 is 0. The van der Waals surface area contributed by atoms with Gasteiger partial charge in [0.05, 0.1) is 11.6 Å². The molecule has 11 heteroatoms. The summed E-state index contributed by atoms with van der Waals surface area (Å²) in [5, 5.41) is 52.7. The molecule has 0 spiro atoms. The Morgan fingerprint density at radius 2 is 1.83 bits per heavy atom. The number of fused-ring (bicyclic) bond motifs is 3. The van der Waals surface area contributed by atoms with E-state index in [4.69, 9.17) is 10.8 Å². The highest BCUT2D eigenvalue weighted by Crippen LogP contribution is 2.52. The molecular weight excluding hydrogens is 460 g/mol. The Bertz CT molecular complexity index is 1340. The zero-order valence-corrected chi connectivity index (χ0v) is 18.7. The van der Waals surface area contributed by atoms with Gasteiger partial charge in [0, 0.05) is 23.0 Å². The third-order valence-corrected chi connectivity index (χ3v) is 6.91. The molecule has 0 aromatic heterocycles. The number of rotatable bonds is 2. The maximum atomic E-state index is 13.5. The van der Waals surface area contributed by atoms with Gasteiger partial charge >= 0.3 is 5.97 Å². The van der Waals surface area contributed by atoms with Gasteiger partial charge in [-0.2, -0.15) is 0 Å². The van der Waals surface area contributed by atoms with Crippen molar-refractivity contribution in [3.05, 3.63) is 51.5 Å². The fourth-order valence-electron chi connectivity index (χ4n) is 5.49. The van der Waals surface area contributed by atoms with E-state index in [0.29, 0.717) is 0 Å². The molecule has 0 heterocycles. The number of Topliss-reactive ketones (excluding diaryl/α,β-unsaturated/α-hetero) is 2. The minimum atomic E-state index is -2.72. The monoisotopic (exact) mass is 482 g/mol. The van der Waals surface area contributed by atoms with Crippen LogP contribution in [0.4, 0.5) is 0 Å². The molecule has 1 amide bonds. The molecule has 3 aliphatic carbocycles. The van der Waals surface area contributed by atoms with E-state index in [1.165, 1.54) is 25.1 Å². The average molecular weight is 482 g/mol. The van der Waals surface area contributed by atoms with Gasteiger partial charge in [-0.25, -0.2) is 4.79 Å². The second-order valence-corrected chi connectivity index (χ2v) is 9.00. The fourth-order valence-corrected chi connectivity index (χ4v) is 5.49. The standard InChI is InChI=1S/C24H22N2O9/c1-26(2)18-12-8-10-7-11-9(4-6-14(28)29)3-5-13(27)16(11)19(30)15(10)21(32)24(12,35)22(33)17(20(18)31)23(25)34/h3,5,10,12,18,27,31-32,35H,7-8H2,1-2H3,(H2,25,34)(H,28,29)/t10-,12-,18-,24-/m0/s1. The van der Waals surface area contributed by atoms with Crippen LogP contribution < -0.4 is 5.73 Å². The number of carboxylic acids is 1. The van der Waals surface area contributed by atoms with E-state index in [-0.39, 0.29) is 35.1 Å². The van der Waals surface area contributed by atoms with Crippen molar-refractivity contribution in [1.29, 1.82) is 0 Å². The number of likely N-dealkylation sites (N-methyl/N-ethyl adjacent to an activating group) is 1. The number of nitrogens with two attached hydrogens (primary N) is 1. The lowest BCUT2D eigenvalue weighted by atomic mass is 9.58. The first-order chi connectivity index (χ1) is 16.3. The maximum absolute atomic E-state index is 13.5. The van der Waals surface area contributed by atoms with Crippen molar-refractivity contribution in [3.63, 3.8) is 0 Å². The van der Waals surface area contributed by atoms with E-state index < -0.39 is 69.8 Å². The zero-order valence-electron chi connectivity index (χ0n) is 18.7. The zero-order chi connectivity index (χ0) is 26.0. The van der Waals surface area contributed by atoms with Crippen LogP contribution in [0.15, 0.2) is 34.8 Å². The summed E-state index contributed by atoms with van der Waals surface area (Å²) in [5.41, 5.74) is 1.60. The van der Waals surface area contributed by atoms with Gasteiger partial charge in [-0.15, -0.1) is 0 Å². The van der Waals surface area contributed by atoms with E-state index in [1.54, 1.807) is 0 Å². The highest BCUT2D eigenvalue weighted by Gasteiger charge is 2.63. The number of phenols is 1. The van der Waals surface area contributed by atoms with Crippen molar-refractivity contribution >= 4 is 23.4 Å². The molecule has 4 rings (SSSR count). The van der Waals surface area contributed by atoms with E-state index in [0.717, 1.165) is 6.07 Å². The Labute approximate surface area is 198 Å². The number of nitrogens with zero attached hydrogens (tertiary/aromatic N) is 1. The number of hydrogen-bond donors (Lipinski definition) is 6. The highest BCUT2D eigenvalue weighted by atomic mass is 16.4. The van der Waals surface area contributed by atoms with Gasteiger partial charge in [0.15, 0.2) is 11.4 Å². The van der Waals surface area contributed by atoms with Crippen LogP contribution >= 0.6 is 0 Å². The first-order valence-electron chi connectivity index (χ1n) is 10.6. The SMILES string of the molecule is CN(C)[C@@H]1C(O)=C(C(N)=O)C(=O)[C@@]2(O)C(O)=C3C(=O)c4c(O)ccc(C#CC(=O)O)c4C[C@H]3C[C@@H]12. The molecule has 0 radical (unpaired) electrons. The molecule has 0 aliphatic heterocycles. The van der Waals surface area contributed by atoms with Crippen LogP contribution in [0.5, 0.6) is 5.75 Å². The van der Waals surface area contributed by atoms with Crippen LogP contribution in [0.2, 0.25) is 0 Å². The van der Waals surface area contributed by atoms with Crippen molar-refractivity contribution in [2.45, 2.75) is 24.5 Å². The van der Waals surface area contributed by atoms with Crippen molar-refractivity contribution in [3.8, 4) is 17.6 Å². The molecule has 0 unspecified atom stereocenters. The number of phenolic OH excluding ortho intramolecular Hbond substituents is 1. The normalized spacial score (nSPS) is 27.6. The van der Waals surface area contributed by atoms with Crippen LogP contribution in [0, 0.1) is 23.7 Å². The van der Waals surface area contributed by atoms with Gasteiger partial charge in [-0.3, -0.25) is 19.3 Å². The molecular formula is C24H22N2O9. The summed E-state index contributed by atoms with van der Waals surface area (Å²) >= 11 is 0. The predicted octanol–water partition coefficient (Wildman–Crippen LogP) is -0.443. The molecule has 182 valence electrons. The molecule has 1 aromatic carbocycles. The van der Waals surface area contributed by atoms with Gasteiger partial charge in [-0.1, -0.05) is 5.92 Å². The minimum absolute atomic E-state index is 0.0204. The smallest absolute Gasteiger partial charge is 0.382 e. The molecule has 0 fully saturated rings.